The predicted octanol–water partition coefficient (Wildman–Crippen LogP) is 3.75. The van der Waals surface area contributed by atoms with E-state index in [1.807, 2.05) is 18.2 Å². The molecule has 8 heteroatoms. The summed E-state index contributed by atoms with van der Waals surface area (Å²) in [6, 6.07) is 16.6. The molecular weight excluding hydrogens is 407 g/mol. The summed E-state index contributed by atoms with van der Waals surface area (Å²) in [4.78, 5) is 17.1. The van der Waals surface area contributed by atoms with Crippen molar-refractivity contribution in [2.75, 3.05) is 6.54 Å². The molecule has 0 spiro atoms. The van der Waals surface area contributed by atoms with Crippen LogP contribution in [0.5, 0.6) is 11.6 Å². The summed E-state index contributed by atoms with van der Waals surface area (Å²) in [5, 5.41) is 3.60. The minimum atomic E-state index is -0.396. The number of hydrazine groups is 1. The molecule has 2 aromatic carbocycles. The normalized spacial score (nSPS) is 18.2. The summed E-state index contributed by atoms with van der Waals surface area (Å²) >= 11 is 5.96. The number of nitrogens with one attached hydrogen (secondary N) is 3. The van der Waals surface area contributed by atoms with E-state index < -0.39 is 5.82 Å². The van der Waals surface area contributed by atoms with Crippen molar-refractivity contribution in [2.24, 2.45) is 5.92 Å². The van der Waals surface area contributed by atoms with Gasteiger partial charge in [0.25, 0.3) is 0 Å². The second kappa shape index (κ2) is 9.21. The van der Waals surface area contributed by atoms with Gasteiger partial charge in [0.1, 0.15) is 11.6 Å². The second-order valence-electron chi connectivity index (χ2n) is 6.91. The van der Waals surface area contributed by atoms with Crippen LogP contribution in [0.15, 0.2) is 66.9 Å². The van der Waals surface area contributed by atoms with E-state index in [2.05, 4.69) is 21.2 Å². The number of hydrogen-bond acceptors (Lipinski definition) is 5. The van der Waals surface area contributed by atoms with Gasteiger partial charge in [0.2, 0.25) is 11.8 Å². The third-order valence-electron chi connectivity index (χ3n) is 4.86. The summed E-state index contributed by atoms with van der Waals surface area (Å²) in [7, 11) is 0. The van der Waals surface area contributed by atoms with E-state index in [0.29, 0.717) is 28.8 Å². The van der Waals surface area contributed by atoms with Crippen molar-refractivity contribution in [3.8, 4) is 11.6 Å². The number of hydrogen-bond donors (Lipinski definition) is 3. The molecule has 2 atom stereocenters. The summed E-state index contributed by atoms with van der Waals surface area (Å²) in [5.41, 5.74) is 7.86. The van der Waals surface area contributed by atoms with E-state index in [-0.39, 0.29) is 24.4 Å². The Kier molecular flexibility index (Phi) is 6.23. The lowest BCUT2D eigenvalue weighted by atomic mass is 9.94. The Balaban J connectivity index is 1.43. The summed E-state index contributed by atoms with van der Waals surface area (Å²) in [6.07, 6.45) is 1.58. The molecule has 1 aliphatic rings. The van der Waals surface area contributed by atoms with Gasteiger partial charge in [0.15, 0.2) is 0 Å². The fourth-order valence-electron chi connectivity index (χ4n) is 3.33. The van der Waals surface area contributed by atoms with Crippen molar-refractivity contribution in [2.45, 2.75) is 12.6 Å². The average molecular weight is 427 g/mol. The van der Waals surface area contributed by atoms with Crippen LogP contribution in [-0.2, 0) is 11.3 Å². The molecule has 3 N–H and O–H groups in total. The van der Waals surface area contributed by atoms with Gasteiger partial charge in [-0.1, -0.05) is 35.9 Å². The molecule has 1 aromatic heterocycles. The molecule has 1 amide bonds. The van der Waals surface area contributed by atoms with E-state index in [0.717, 1.165) is 5.56 Å². The standard InChI is InChI=1S/C22H20ClFN4O2/c23-16-8-6-14(7-9-16)20-19(13-27-28-20)21(29)26-12-15-3-2-10-25-22(15)30-18-5-1-4-17(24)11-18/h1-11,19-20,27-28H,12-13H2,(H,26,29). The summed E-state index contributed by atoms with van der Waals surface area (Å²) in [5.74, 6) is -0.134. The molecule has 30 heavy (non-hydrogen) atoms. The van der Waals surface area contributed by atoms with E-state index >= 15 is 0 Å². The van der Waals surface area contributed by atoms with Crippen molar-refractivity contribution in [3.63, 3.8) is 0 Å². The molecule has 0 aliphatic carbocycles. The third kappa shape index (κ3) is 4.76. The number of benzene rings is 2. The SMILES string of the molecule is O=C(NCc1cccnc1Oc1cccc(F)c1)C1CNNC1c1ccc(Cl)cc1. The zero-order valence-corrected chi connectivity index (χ0v) is 16.7. The molecule has 1 fully saturated rings. The molecule has 2 heterocycles. The molecular formula is C22H20ClFN4O2. The Hall–Kier alpha value is -3.00. The first-order chi connectivity index (χ1) is 14.6. The quantitative estimate of drug-likeness (QED) is 0.559. The molecule has 4 rings (SSSR count). The number of carbonyl (C=O) groups excluding carboxylic acids is 1. The van der Waals surface area contributed by atoms with Crippen LogP contribution in [0.1, 0.15) is 17.2 Å². The summed E-state index contributed by atoms with van der Waals surface area (Å²) < 4.78 is 19.1. The lowest BCUT2D eigenvalue weighted by Crippen LogP contribution is -2.34. The highest BCUT2D eigenvalue weighted by atomic mass is 35.5. The molecule has 3 aromatic rings. The molecule has 1 aliphatic heterocycles. The first-order valence-corrected chi connectivity index (χ1v) is 9.87. The van der Waals surface area contributed by atoms with Gasteiger partial charge in [0, 0.05) is 35.9 Å². The number of rotatable bonds is 6. The second-order valence-corrected chi connectivity index (χ2v) is 7.34. The Morgan fingerprint density at radius 1 is 1.20 bits per heavy atom. The number of pyridine rings is 1. The van der Waals surface area contributed by atoms with Gasteiger partial charge >= 0.3 is 0 Å². The third-order valence-corrected chi connectivity index (χ3v) is 5.11. The van der Waals surface area contributed by atoms with E-state index in [1.54, 1.807) is 36.5 Å². The Labute approximate surface area is 178 Å². The van der Waals surface area contributed by atoms with Crippen molar-refractivity contribution >= 4 is 17.5 Å². The summed E-state index contributed by atoms with van der Waals surface area (Å²) in [6.45, 7) is 0.736. The number of amides is 1. The number of carbonyl (C=O) groups is 1. The van der Waals surface area contributed by atoms with Crippen LogP contribution in [-0.4, -0.2) is 17.4 Å². The molecule has 154 valence electrons. The van der Waals surface area contributed by atoms with Crippen LogP contribution in [0.3, 0.4) is 0 Å². The molecule has 2 unspecified atom stereocenters. The topological polar surface area (TPSA) is 75.3 Å². The Bertz CT molecular complexity index is 1030. The fourth-order valence-corrected chi connectivity index (χ4v) is 3.46. The smallest absolute Gasteiger partial charge is 0.226 e. The highest BCUT2D eigenvalue weighted by Crippen LogP contribution is 2.27. The van der Waals surface area contributed by atoms with E-state index in [9.17, 15) is 9.18 Å². The molecule has 6 nitrogen and oxygen atoms in total. The van der Waals surface area contributed by atoms with Gasteiger partial charge in [-0.05, 0) is 35.9 Å². The van der Waals surface area contributed by atoms with Gasteiger partial charge in [-0.15, -0.1) is 0 Å². The first-order valence-electron chi connectivity index (χ1n) is 9.49. The Morgan fingerprint density at radius 2 is 2.03 bits per heavy atom. The van der Waals surface area contributed by atoms with Crippen molar-refractivity contribution in [1.29, 1.82) is 0 Å². The Morgan fingerprint density at radius 3 is 2.83 bits per heavy atom. The minimum Gasteiger partial charge on any atom is -0.439 e. The zero-order valence-electron chi connectivity index (χ0n) is 15.9. The van der Waals surface area contributed by atoms with E-state index in [4.69, 9.17) is 16.3 Å². The maximum atomic E-state index is 13.4. The monoisotopic (exact) mass is 426 g/mol. The van der Waals surface area contributed by atoms with E-state index in [1.165, 1.54) is 12.1 Å². The molecule has 0 bridgehead atoms. The number of nitrogens with zero attached hydrogens (tertiary/aromatic N) is 1. The number of ether oxygens (including phenoxy) is 1. The van der Waals surface area contributed by atoms with Crippen molar-refractivity contribution in [3.05, 3.63) is 88.8 Å². The zero-order chi connectivity index (χ0) is 20.9. The van der Waals surface area contributed by atoms with Crippen LogP contribution < -0.4 is 20.9 Å². The average Bonchev–Trinajstić information content (AvgIpc) is 3.23. The predicted molar refractivity (Wildman–Crippen MR) is 111 cm³/mol. The van der Waals surface area contributed by atoms with Gasteiger partial charge in [-0.2, -0.15) is 0 Å². The van der Waals surface area contributed by atoms with Gasteiger partial charge in [-0.25, -0.2) is 14.8 Å². The van der Waals surface area contributed by atoms with Gasteiger partial charge in [0.05, 0.1) is 12.0 Å². The van der Waals surface area contributed by atoms with Crippen molar-refractivity contribution < 1.29 is 13.9 Å². The lowest BCUT2D eigenvalue weighted by Gasteiger charge is -2.19. The largest absolute Gasteiger partial charge is 0.439 e. The van der Waals surface area contributed by atoms with Gasteiger partial charge < -0.3 is 10.1 Å². The van der Waals surface area contributed by atoms with Crippen LogP contribution in [0.4, 0.5) is 4.39 Å². The highest BCUT2D eigenvalue weighted by molar-refractivity contribution is 6.30. The van der Waals surface area contributed by atoms with Crippen molar-refractivity contribution in [1.82, 2.24) is 21.2 Å². The fraction of sp³-hybridized carbons (Fsp3) is 0.182. The first kappa shape index (κ1) is 20.3. The molecule has 1 saturated heterocycles. The van der Waals surface area contributed by atoms with Crippen LogP contribution in [0, 0.1) is 11.7 Å². The minimum absolute atomic E-state index is 0.104. The van der Waals surface area contributed by atoms with Crippen LogP contribution in [0.25, 0.3) is 0 Å². The van der Waals surface area contributed by atoms with Crippen LogP contribution in [0.2, 0.25) is 5.02 Å². The maximum Gasteiger partial charge on any atom is 0.226 e. The number of aromatic nitrogens is 1. The molecule has 0 radical (unpaired) electrons. The van der Waals surface area contributed by atoms with Crippen LogP contribution >= 0.6 is 11.6 Å². The lowest BCUT2D eigenvalue weighted by molar-refractivity contribution is -0.125. The van der Waals surface area contributed by atoms with Gasteiger partial charge in [-0.3, -0.25) is 10.2 Å². The number of halogens is 2. The molecule has 0 saturated carbocycles. The highest BCUT2D eigenvalue weighted by Gasteiger charge is 2.33. The maximum absolute atomic E-state index is 13.4.